The Morgan fingerprint density at radius 1 is 1.64 bits per heavy atom. The van der Waals surface area contributed by atoms with E-state index in [2.05, 4.69) is 11.1 Å². The van der Waals surface area contributed by atoms with Gasteiger partial charge in [0, 0.05) is 12.0 Å². The fourth-order valence-electron chi connectivity index (χ4n) is 1.49. The van der Waals surface area contributed by atoms with E-state index in [1.54, 1.807) is 0 Å². The molecule has 0 aromatic heterocycles. The third-order valence-electron chi connectivity index (χ3n) is 2.08. The van der Waals surface area contributed by atoms with Crippen molar-refractivity contribution in [2.24, 2.45) is 10.7 Å². The van der Waals surface area contributed by atoms with Gasteiger partial charge in [0.1, 0.15) is 0 Å². The smallest absolute Gasteiger partial charge is 0.0722 e. The molecule has 0 aromatic rings. The van der Waals surface area contributed by atoms with Crippen molar-refractivity contribution in [1.82, 2.24) is 0 Å². The van der Waals surface area contributed by atoms with Crippen LogP contribution in [-0.2, 0) is 0 Å². The van der Waals surface area contributed by atoms with Crippen LogP contribution in [0.15, 0.2) is 16.6 Å². The lowest BCUT2D eigenvalue weighted by molar-refractivity contribution is 0.720. The summed E-state index contributed by atoms with van der Waals surface area (Å²) in [5, 5.41) is 0. The number of nitrogens with two attached hydrogens (primary N) is 1. The maximum absolute atomic E-state index is 5.71. The highest BCUT2D eigenvalue weighted by atomic mass is 32.2. The van der Waals surface area contributed by atoms with Crippen molar-refractivity contribution in [1.29, 1.82) is 0 Å². The molecule has 2 unspecified atom stereocenters. The van der Waals surface area contributed by atoms with Crippen molar-refractivity contribution < 1.29 is 0 Å². The van der Waals surface area contributed by atoms with Crippen LogP contribution in [0.25, 0.3) is 0 Å². The minimum Gasteiger partial charge on any atom is -0.320 e. The standard InChI is InChI=1S/C8H12N2S/c9-7-3-6-5-11-2-1-8(6)10-4-7/h3-4,7-8H,1-2,5,9H2. The summed E-state index contributed by atoms with van der Waals surface area (Å²) in [6, 6.07) is 0.538. The summed E-state index contributed by atoms with van der Waals surface area (Å²) in [6.45, 7) is 0. The Morgan fingerprint density at radius 3 is 3.45 bits per heavy atom. The monoisotopic (exact) mass is 168 g/mol. The second kappa shape index (κ2) is 2.99. The van der Waals surface area contributed by atoms with Gasteiger partial charge in [-0.2, -0.15) is 11.8 Å². The van der Waals surface area contributed by atoms with Crippen molar-refractivity contribution >= 4 is 18.0 Å². The molecular weight excluding hydrogens is 156 g/mol. The summed E-state index contributed by atoms with van der Waals surface area (Å²) in [5.41, 5.74) is 7.15. The predicted molar refractivity (Wildman–Crippen MR) is 50.3 cm³/mol. The molecule has 2 aliphatic rings. The Hall–Kier alpha value is -0.280. The number of thioether (sulfide) groups is 1. The Labute approximate surface area is 71.0 Å². The number of hydrogen-bond acceptors (Lipinski definition) is 3. The Balaban J connectivity index is 2.15. The lowest BCUT2D eigenvalue weighted by Crippen LogP contribution is -2.29. The lowest BCUT2D eigenvalue weighted by atomic mass is 10.0. The van der Waals surface area contributed by atoms with Crippen molar-refractivity contribution in [3.63, 3.8) is 0 Å². The summed E-state index contributed by atoms with van der Waals surface area (Å²) in [4.78, 5) is 4.40. The highest BCUT2D eigenvalue weighted by molar-refractivity contribution is 7.99. The fraction of sp³-hybridized carbons (Fsp3) is 0.625. The number of fused-ring (bicyclic) bond motifs is 1. The largest absolute Gasteiger partial charge is 0.320 e. The van der Waals surface area contributed by atoms with E-state index in [9.17, 15) is 0 Å². The van der Waals surface area contributed by atoms with Gasteiger partial charge in [-0.1, -0.05) is 6.08 Å². The van der Waals surface area contributed by atoms with Gasteiger partial charge in [0.05, 0.1) is 12.1 Å². The molecule has 0 aromatic carbocycles. The van der Waals surface area contributed by atoms with E-state index in [4.69, 9.17) is 5.73 Å². The molecule has 0 aliphatic carbocycles. The van der Waals surface area contributed by atoms with Gasteiger partial charge in [-0.15, -0.1) is 0 Å². The van der Waals surface area contributed by atoms with Crippen LogP contribution in [0.1, 0.15) is 6.42 Å². The van der Waals surface area contributed by atoms with E-state index < -0.39 is 0 Å². The average Bonchev–Trinajstić information content (AvgIpc) is 2.04. The molecule has 1 fully saturated rings. The molecule has 1 saturated heterocycles. The number of dihydropyridines is 1. The zero-order valence-electron chi connectivity index (χ0n) is 6.36. The average molecular weight is 168 g/mol. The number of hydrogen-bond donors (Lipinski definition) is 1. The SMILES string of the molecule is NC1C=NC2CCSCC2=C1. The third-order valence-corrected chi connectivity index (χ3v) is 3.14. The molecule has 0 bridgehead atoms. The normalized spacial score (nSPS) is 36.3. The van der Waals surface area contributed by atoms with E-state index in [1.807, 2.05) is 18.0 Å². The van der Waals surface area contributed by atoms with Crippen LogP contribution < -0.4 is 5.73 Å². The van der Waals surface area contributed by atoms with Crippen molar-refractivity contribution in [3.8, 4) is 0 Å². The molecule has 2 rings (SSSR count). The van der Waals surface area contributed by atoms with E-state index in [-0.39, 0.29) is 6.04 Å². The molecule has 2 heterocycles. The molecule has 0 amide bonds. The van der Waals surface area contributed by atoms with E-state index >= 15 is 0 Å². The summed E-state index contributed by atoms with van der Waals surface area (Å²) in [6.07, 6.45) is 5.22. The first-order valence-electron chi connectivity index (χ1n) is 3.93. The highest BCUT2D eigenvalue weighted by Crippen LogP contribution is 2.26. The van der Waals surface area contributed by atoms with Crippen LogP contribution in [0.4, 0.5) is 0 Å². The van der Waals surface area contributed by atoms with Gasteiger partial charge in [-0.3, -0.25) is 4.99 Å². The van der Waals surface area contributed by atoms with Gasteiger partial charge in [-0.25, -0.2) is 0 Å². The molecular formula is C8H12N2S. The first-order valence-corrected chi connectivity index (χ1v) is 5.09. The Kier molecular flexibility index (Phi) is 2.00. The van der Waals surface area contributed by atoms with Gasteiger partial charge in [0.2, 0.25) is 0 Å². The van der Waals surface area contributed by atoms with Gasteiger partial charge >= 0.3 is 0 Å². The molecule has 11 heavy (non-hydrogen) atoms. The summed E-state index contributed by atoms with van der Waals surface area (Å²) in [7, 11) is 0. The van der Waals surface area contributed by atoms with Crippen LogP contribution in [0.5, 0.6) is 0 Å². The van der Waals surface area contributed by atoms with Crippen LogP contribution in [0.2, 0.25) is 0 Å². The molecule has 0 radical (unpaired) electrons. The second-order valence-electron chi connectivity index (χ2n) is 2.97. The zero-order chi connectivity index (χ0) is 7.68. The van der Waals surface area contributed by atoms with Gasteiger partial charge in [0.25, 0.3) is 0 Å². The molecule has 2 N–H and O–H groups in total. The molecule has 0 saturated carbocycles. The van der Waals surface area contributed by atoms with Crippen LogP contribution >= 0.6 is 11.8 Å². The third kappa shape index (κ3) is 1.49. The summed E-state index contributed by atoms with van der Waals surface area (Å²) >= 11 is 1.98. The van der Waals surface area contributed by atoms with Crippen molar-refractivity contribution in [3.05, 3.63) is 11.6 Å². The number of nitrogens with zero attached hydrogens (tertiary/aromatic N) is 1. The molecule has 3 heteroatoms. The van der Waals surface area contributed by atoms with Gasteiger partial charge in [-0.05, 0) is 17.7 Å². The van der Waals surface area contributed by atoms with E-state index in [0.717, 1.165) is 5.75 Å². The van der Waals surface area contributed by atoms with E-state index in [1.165, 1.54) is 17.7 Å². The summed E-state index contributed by atoms with van der Waals surface area (Å²) in [5.74, 6) is 2.38. The second-order valence-corrected chi connectivity index (χ2v) is 4.08. The molecule has 60 valence electrons. The Morgan fingerprint density at radius 2 is 2.55 bits per heavy atom. The molecule has 2 nitrogen and oxygen atoms in total. The Bertz CT molecular complexity index is 210. The lowest BCUT2D eigenvalue weighted by Gasteiger charge is -2.25. The topological polar surface area (TPSA) is 38.4 Å². The highest BCUT2D eigenvalue weighted by Gasteiger charge is 2.20. The van der Waals surface area contributed by atoms with E-state index in [0.29, 0.717) is 6.04 Å². The van der Waals surface area contributed by atoms with Gasteiger partial charge in [0.15, 0.2) is 0 Å². The fourth-order valence-corrected chi connectivity index (χ4v) is 2.55. The molecule has 0 spiro atoms. The molecule has 2 aliphatic heterocycles. The molecule has 2 atom stereocenters. The van der Waals surface area contributed by atoms with Crippen molar-refractivity contribution in [2.45, 2.75) is 18.5 Å². The first kappa shape index (κ1) is 7.37. The maximum atomic E-state index is 5.71. The number of aliphatic imine (C=N–C) groups is 1. The predicted octanol–water partition coefficient (Wildman–Crippen LogP) is 0.830. The minimum atomic E-state index is 0.0694. The van der Waals surface area contributed by atoms with Gasteiger partial charge < -0.3 is 5.73 Å². The van der Waals surface area contributed by atoms with Crippen LogP contribution in [0, 0.1) is 0 Å². The summed E-state index contributed by atoms with van der Waals surface area (Å²) < 4.78 is 0. The minimum absolute atomic E-state index is 0.0694. The van der Waals surface area contributed by atoms with Crippen molar-refractivity contribution in [2.75, 3.05) is 11.5 Å². The van der Waals surface area contributed by atoms with Crippen LogP contribution in [0.3, 0.4) is 0 Å². The zero-order valence-corrected chi connectivity index (χ0v) is 7.18. The first-order chi connectivity index (χ1) is 5.36. The van der Waals surface area contributed by atoms with Crippen LogP contribution in [-0.4, -0.2) is 29.8 Å². The maximum Gasteiger partial charge on any atom is 0.0722 e. The number of rotatable bonds is 0. The quantitative estimate of drug-likeness (QED) is 0.544.